The van der Waals surface area contributed by atoms with E-state index in [0.717, 1.165) is 12.8 Å². The zero-order chi connectivity index (χ0) is 13.8. The highest BCUT2D eigenvalue weighted by Crippen LogP contribution is 2.26. The molecule has 2 rings (SSSR count). The summed E-state index contributed by atoms with van der Waals surface area (Å²) in [5.41, 5.74) is 6.19. The zero-order valence-electron chi connectivity index (χ0n) is 11.1. The summed E-state index contributed by atoms with van der Waals surface area (Å²) in [6.45, 7) is 0. The molecule has 5 nitrogen and oxygen atoms in total. The Hall–Kier alpha value is -1.43. The normalized spacial score (nSPS) is 17.9. The molecule has 0 saturated heterocycles. The number of nitrogens with two attached hydrogens (primary N) is 1. The van der Waals surface area contributed by atoms with E-state index in [1.165, 1.54) is 19.3 Å². The van der Waals surface area contributed by atoms with Crippen LogP contribution in [0.15, 0.2) is 12.5 Å². The van der Waals surface area contributed by atoms with Crippen molar-refractivity contribution in [3.63, 3.8) is 0 Å². The summed E-state index contributed by atoms with van der Waals surface area (Å²) >= 11 is 5.11. The van der Waals surface area contributed by atoms with Gasteiger partial charge in [-0.05, 0) is 18.8 Å². The van der Waals surface area contributed by atoms with Gasteiger partial charge in [0.25, 0.3) is 5.91 Å². The maximum atomic E-state index is 12.1. The molecular formula is C13H20N4OS. The van der Waals surface area contributed by atoms with Gasteiger partial charge in [-0.1, -0.05) is 31.5 Å². The number of nitrogens with one attached hydrogen (secondary N) is 1. The van der Waals surface area contributed by atoms with E-state index >= 15 is 0 Å². The lowest BCUT2D eigenvalue weighted by molar-refractivity contribution is 0.0927. The van der Waals surface area contributed by atoms with Crippen LogP contribution in [0, 0.1) is 5.92 Å². The first-order valence-corrected chi connectivity index (χ1v) is 7.07. The van der Waals surface area contributed by atoms with Crippen molar-refractivity contribution < 1.29 is 4.79 Å². The van der Waals surface area contributed by atoms with Crippen molar-refractivity contribution in [2.75, 3.05) is 0 Å². The molecule has 1 saturated carbocycles. The van der Waals surface area contributed by atoms with Gasteiger partial charge in [-0.3, -0.25) is 4.79 Å². The number of nitrogens with zero attached hydrogens (tertiary/aromatic N) is 2. The van der Waals surface area contributed by atoms with Crippen LogP contribution < -0.4 is 11.1 Å². The molecule has 0 spiro atoms. The Bertz CT molecular complexity index is 465. The molecular weight excluding hydrogens is 260 g/mol. The van der Waals surface area contributed by atoms with Gasteiger partial charge in [-0.15, -0.1) is 0 Å². The van der Waals surface area contributed by atoms with E-state index in [-0.39, 0.29) is 11.9 Å². The maximum absolute atomic E-state index is 12.1. The number of aryl methyl sites for hydroxylation is 1. The summed E-state index contributed by atoms with van der Waals surface area (Å²) in [6.07, 6.45) is 9.06. The number of carbonyl (C=O) groups excluding carboxylic acids is 1. The van der Waals surface area contributed by atoms with Crippen molar-refractivity contribution in [1.82, 2.24) is 14.9 Å². The quantitative estimate of drug-likeness (QED) is 0.817. The van der Waals surface area contributed by atoms with Crippen molar-refractivity contribution in [2.24, 2.45) is 18.7 Å². The van der Waals surface area contributed by atoms with Gasteiger partial charge >= 0.3 is 0 Å². The molecule has 1 aromatic heterocycles. The van der Waals surface area contributed by atoms with Gasteiger partial charge in [-0.2, -0.15) is 0 Å². The summed E-state index contributed by atoms with van der Waals surface area (Å²) in [5, 5.41) is 2.93. The molecule has 1 atom stereocenters. The van der Waals surface area contributed by atoms with E-state index in [0.29, 0.717) is 16.6 Å². The van der Waals surface area contributed by atoms with Crippen molar-refractivity contribution >= 4 is 23.1 Å². The van der Waals surface area contributed by atoms with Crippen LogP contribution in [0.3, 0.4) is 0 Å². The molecule has 1 fully saturated rings. The molecule has 0 aliphatic heterocycles. The fourth-order valence-corrected chi connectivity index (χ4v) is 2.89. The summed E-state index contributed by atoms with van der Waals surface area (Å²) < 4.78 is 1.74. The molecule has 6 heteroatoms. The van der Waals surface area contributed by atoms with Crippen molar-refractivity contribution in [1.29, 1.82) is 0 Å². The van der Waals surface area contributed by atoms with Crippen LogP contribution in [0.5, 0.6) is 0 Å². The van der Waals surface area contributed by atoms with Gasteiger partial charge in [0.15, 0.2) is 0 Å². The molecule has 3 N–H and O–H groups in total. The SMILES string of the molecule is Cn1cnc(C(=O)NC(C(N)=S)C2CCCCC2)c1. The first kappa shape index (κ1) is 14.0. The minimum atomic E-state index is -0.218. The Labute approximate surface area is 118 Å². The molecule has 19 heavy (non-hydrogen) atoms. The Kier molecular flexibility index (Phi) is 4.52. The molecule has 0 bridgehead atoms. The molecule has 0 aromatic carbocycles. The number of rotatable bonds is 4. The lowest BCUT2D eigenvalue weighted by Crippen LogP contribution is -2.48. The first-order valence-electron chi connectivity index (χ1n) is 6.66. The van der Waals surface area contributed by atoms with E-state index in [9.17, 15) is 4.79 Å². The number of imidazole rings is 1. The third-order valence-corrected chi connectivity index (χ3v) is 3.91. The molecule has 1 amide bonds. The smallest absolute Gasteiger partial charge is 0.272 e. The van der Waals surface area contributed by atoms with Gasteiger partial charge in [-0.25, -0.2) is 4.98 Å². The number of carbonyl (C=O) groups is 1. The number of hydrogen-bond donors (Lipinski definition) is 2. The fraction of sp³-hybridized carbons (Fsp3) is 0.615. The second kappa shape index (κ2) is 6.14. The van der Waals surface area contributed by atoms with Gasteiger partial charge in [0.1, 0.15) is 5.69 Å². The van der Waals surface area contributed by atoms with Crippen LogP contribution >= 0.6 is 12.2 Å². The molecule has 1 aliphatic carbocycles. The summed E-state index contributed by atoms with van der Waals surface area (Å²) in [5.74, 6) is 0.155. The number of hydrogen-bond acceptors (Lipinski definition) is 3. The topological polar surface area (TPSA) is 72.9 Å². The van der Waals surface area contributed by atoms with Gasteiger partial charge in [0.05, 0.1) is 17.4 Å². The van der Waals surface area contributed by atoms with Crippen LogP contribution in [0.25, 0.3) is 0 Å². The van der Waals surface area contributed by atoms with Crippen LogP contribution in [-0.4, -0.2) is 26.5 Å². The van der Waals surface area contributed by atoms with Gasteiger partial charge in [0, 0.05) is 13.2 Å². The van der Waals surface area contributed by atoms with E-state index in [1.807, 2.05) is 7.05 Å². The highest BCUT2D eigenvalue weighted by molar-refractivity contribution is 7.80. The highest BCUT2D eigenvalue weighted by Gasteiger charge is 2.27. The van der Waals surface area contributed by atoms with Crippen molar-refractivity contribution in [3.8, 4) is 0 Å². The second-order valence-corrected chi connectivity index (χ2v) is 5.65. The molecule has 0 radical (unpaired) electrons. The number of aromatic nitrogens is 2. The zero-order valence-corrected chi connectivity index (χ0v) is 11.9. The maximum Gasteiger partial charge on any atom is 0.272 e. The predicted octanol–water partition coefficient (Wildman–Crippen LogP) is 1.38. The van der Waals surface area contributed by atoms with Crippen molar-refractivity contribution in [2.45, 2.75) is 38.1 Å². The average molecular weight is 280 g/mol. The summed E-state index contributed by atoms with van der Waals surface area (Å²) in [6, 6.07) is -0.218. The van der Waals surface area contributed by atoms with E-state index < -0.39 is 0 Å². The third kappa shape index (κ3) is 3.53. The van der Waals surface area contributed by atoms with Crippen LogP contribution in [0.4, 0.5) is 0 Å². The monoisotopic (exact) mass is 280 g/mol. The van der Waals surface area contributed by atoms with E-state index in [1.54, 1.807) is 17.1 Å². The lowest BCUT2D eigenvalue weighted by atomic mass is 9.84. The first-order chi connectivity index (χ1) is 9.08. The fourth-order valence-electron chi connectivity index (χ4n) is 2.63. The second-order valence-electron chi connectivity index (χ2n) is 5.18. The highest BCUT2D eigenvalue weighted by atomic mass is 32.1. The molecule has 104 valence electrons. The van der Waals surface area contributed by atoms with Crippen LogP contribution in [-0.2, 0) is 7.05 Å². The minimum absolute atomic E-state index is 0.205. The largest absolute Gasteiger partial charge is 0.392 e. The van der Waals surface area contributed by atoms with E-state index in [2.05, 4.69) is 10.3 Å². The molecule has 1 aromatic rings. The Balaban J connectivity index is 2.04. The van der Waals surface area contributed by atoms with Crippen molar-refractivity contribution in [3.05, 3.63) is 18.2 Å². The third-order valence-electron chi connectivity index (χ3n) is 3.65. The van der Waals surface area contributed by atoms with Gasteiger partial charge < -0.3 is 15.6 Å². The summed E-state index contributed by atoms with van der Waals surface area (Å²) in [4.78, 5) is 16.5. The van der Waals surface area contributed by atoms with Gasteiger partial charge in [0.2, 0.25) is 0 Å². The predicted molar refractivity (Wildman–Crippen MR) is 77.8 cm³/mol. The minimum Gasteiger partial charge on any atom is -0.392 e. The summed E-state index contributed by atoms with van der Waals surface area (Å²) in [7, 11) is 1.83. The molecule has 1 heterocycles. The number of thiocarbonyl (C=S) groups is 1. The van der Waals surface area contributed by atoms with E-state index in [4.69, 9.17) is 18.0 Å². The molecule has 1 aliphatic rings. The lowest BCUT2D eigenvalue weighted by Gasteiger charge is -2.29. The average Bonchev–Trinajstić information content (AvgIpc) is 2.83. The number of amides is 1. The standard InChI is InChI=1S/C13H20N4OS/c1-17-7-10(15-8-17)13(18)16-11(12(14)19)9-5-3-2-4-6-9/h7-9,11H,2-6H2,1H3,(H2,14,19)(H,16,18). The Morgan fingerprint density at radius 3 is 2.74 bits per heavy atom. The van der Waals surface area contributed by atoms with Crippen LogP contribution in [0.2, 0.25) is 0 Å². The Morgan fingerprint density at radius 2 is 2.21 bits per heavy atom. The van der Waals surface area contributed by atoms with Crippen LogP contribution in [0.1, 0.15) is 42.6 Å². The Morgan fingerprint density at radius 1 is 1.53 bits per heavy atom. The molecule has 1 unspecified atom stereocenters.